The fourth-order valence-electron chi connectivity index (χ4n) is 5.44. The highest BCUT2D eigenvalue weighted by Gasteiger charge is 2.43. The fraction of sp³-hybridized carbons (Fsp3) is 0.520. The van der Waals surface area contributed by atoms with Crippen LogP contribution in [-0.2, 0) is 26.7 Å². The number of fused-ring (bicyclic) bond motifs is 2. The van der Waals surface area contributed by atoms with Gasteiger partial charge in [-0.1, -0.05) is 30.7 Å². The molecule has 1 aliphatic carbocycles. The molecule has 2 atom stereocenters. The molecule has 2 aliphatic rings. The minimum absolute atomic E-state index is 0.0331. The van der Waals surface area contributed by atoms with Crippen LogP contribution >= 0.6 is 0 Å². The van der Waals surface area contributed by atoms with E-state index in [4.69, 9.17) is 4.74 Å². The van der Waals surface area contributed by atoms with E-state index >= 15 is 0 Å². The zero-order valence-corrected chi connectivity index (χ0v) is 20.5. The molecule has 0 amide bonds. The predicted molar refractivity (Wildman–Crippen MR) is 128 cm³/mol. The summed E-state index contributed by atoms with van der Waals surface area (Å²) in [6.07, 6.45) is 0.241. The van der Waals surface area contributed by atoms with Gasteiger partial charge >= 0.3 is 6.36 Å². The molecule has 2 fully saturated rings. The molecule has 0 spiro atoms. The summed E-state index contributed by atoms with van der Waals surface area (Å²) in [6, 6.07) is 14.2. The fourth-order valence-corrected chi connectivity index (χ4v) is 6.41. The second-order valence-corrected chi connectivity index (χ2v) is 11.3. The normalized spacial score (nSPS) is 23.1. The molecule has 4 rings (SSSR count). The molecule has 1 aliphatic heterocycles. The van der Waals surface area contributed by atoms with Crippen LogP contribution in [0.3, 0.4) is 0 Å². The molecule has 1 saturated heterocycles. The van der Waals surface area contributed by atoms with Crippen molar-refractivity contribution >= 4 is 15.7 Å². The minimum Gasteiger partial charge on any atom is -0.406 e. The first-order chi connectivity index (χ1) is 16.6. The first-order valence-electron chi connectivity index (χ1n) is 11.8. The molecule has 192 valence electrons. The van der Waals surface area contributed by atoms with Gasteiger partial charge in [-0.25, -0.2) is 8.42 Å². The number of nitrogens with zero attached hydrogens (tertiary/aromatic N) is 1. The summed E-state index contributed by atoms with van der Waals surface area (Å²) in [4.78, 5) is 2.35. The number of rotatable bonds is 9. The van der Waals surface area contributed by atoms with E-state index in [0.29, 0.717) is 18.3 Å². The number of benzene rings is 2. The topological polar surface area (TPSA) is 67.9 Å². The van der Waals surface area contributed by atoms with Crippen molar-refractivity contribution in [2.24, 2.45) is 0 Å². The molecule has 10 heteroatoms. The molecule has 2 aromatic carbocycles. The summed E-state index contributed by atoms with van der Waals surface area (Å²) in [6.45, 7) is 1.51. The first-order valence-corrected chi connectivity index (χ1v) is 13.4. The Bertz CT molecular complexity index is 1130. The van der Waals surface area contributed by atoms with Crippen LogP contribution in [0.5, 0.6) is 5.75 Å². The Hall–Kier alpha value is -2.30. The van der Waals surface area contributed by atoms with Gasteiger partial charge in [-0.3, -0.25) is 9.62 Å². The van der Waals surface area contributed by atoms with E-state index in [2.05, 4.69) is 20.4 Å². The number of halogens is 3. The smallest absolute Gasteiger partial charge is 0.406 e. The molecule has 0 radical (unpaired) electrons. The molecular weight excluding hydrogens is 481 g/mol. The Kier molecular flexibility index (Phi) is 7.63. The van der Waals surface area contributed by atoms with Crippen molar-refractivity contribution < 1.29 is 31.1 Å². The number of nitrogens with one attached hydrogen (secondary N) is 1. The highest BCUT2D eigenvalue weighted by atomic mass is 32.2. The van der Waals surface area contributed by atoms with E-state index in [-0.39, 0.29) is 23.5 Å². The standard InChI is InChI=1S/C25H31F3N2O4S/c1-33-13-14-35(31,32)29-21-7-3-6-20(16-21)24-10-4-8-22(17-24)30(12-11-24)18-19-5-2-9-23(15-19)34-25(26,27)28/h2-3,5-7,9,15-16,22,29H,4,8,10-14,17-18H2,1H3. The van der Waals surface area contributed by atoms with Crippen molar-refractivity contribution in [2.45, 2.75) is 56.5 Å². The zero-order valence-electron chi connectivity index (χ0n) is 19.7. The van der Waals surface area contributed by atoms with E-state index < -0.39 is 16.4 Å². The number of hydrogen-bond acceptors (Lipinski definition) is 5. The average molecular weight is 513 g/mol. The van der Waals surface area contributed by atoms with Crippen LogP contribution in [0.4, 0.5) is 18.9 Å². The molecule has 1 heterocycles. The summed E-state index contributed by atoms with van der Waals surface area (Å²) < 4.78 is 74.0. The lowest BCUT2D eigenvalue weighted by Crippen LogP contribution is -2.51. The van der Waals surface area contributed by atoms with Gasteiger partial charge < -0.3 is 9.47 Å². The third-order valence-electron chi connectivity index (χ3n) is 7.04. The number of sulfonamides is 1. The zero-order chi connectivity index (χ0) is 25.1. The van der Waals surface area contributed by atoms with Crippen LogP contribution in [0.15, 0.2) is 48.5 Å². The predicted octanol–water partition coefficient (Wildman–Crippen LogP) is 5.06. The number of alkyl halides is 3. The van der Waals surface area contributed by atoms with E-state index in [1.165, 1.54) is 19.2 Å². The van der Waals surface area contributed by atoms with Crippen LogP contribution in [0, 0.1) is 0 Å². The molecule has 35 heavy (non-hydrogen) atoms. The lowest BCUT2D eigenvalue weighted by molar-refractivity contribution is -0.274. The number of ether oxygens (including phenoxy) is 2. The summed E-state index contributed by atoms with van der Waals surface area (Å²) >= 11 is 0. The molecule has 1 N–H and O–H groups in total. The number of piperidine rings is 1. The highest BCUT2D eigenvalue weighted by molar-refractivity contribution is 7.92. The number of hydrogen-bond donors (Lipinski definition) is 1. The van der Waals surface area contributed by atoms with Crippen molar-refractivity contribution in [3.63, 3.8) is 0 Å². The molecule has 1 saturated carbocycles. The SMILES string of the molecule is COCCS(=O)(=O)Nc1cccc(C23CCCC(C2)N(Cc2cccc(OC(F)(F)F)c2)CC3)c1. The molecule has 2 bridgehead atoms. The monoisotopic (exact) mass is 512 g/mol. The molecule has 0 aromatic heterocycles. The van der Waals surface area contributed by atoms with Crippen molar-refractivity contribution in [3.8, 4) is 5.75 Å². The lowest BCUT2D eigenvalue weighted by Gasteiger charge is -2.51. The van der Waals surface area contributed by atoms with E-state index in [1.807, 2.05) is 18.2 Å². The van der Waals surface area contributed by atoms with Crippen LogP contribution in [0.1, 0.15) is 43.2 Å². The lowest BCUT2D eigenvalue weighted by atomic mass is 9.63. The Labute approximate surface area is 204 Å². The van der Waals surface area contributed by atoms with Gasteiger partial charge in [-0.15, -0.1) is 13.2 Å². The van der Waals surface area contributed by atoms with Gasteiger partial charge in [0.15, 0.2) is 0 Å². The van der Waals surface area contributed by atoms with Crippen LogP contribution in [0.25, 0.3) is 0 Å². The van der Waals surface area contributed by atoms with Gasteiger partial charge in [0.1, 0.15) is 5.75 Å². The summed E-state index contributed by atoms with van der Waals surface area (Å²) in [7, 11) is -2.02. The third-order valence-corrected chi connectivity index (χ3v) is 8.29. The van der Waals surface area contributed by atoms with Crippen molar-refractivity contribution in [2.75, 3.05) is 30.7 Å². The molecule has 2 unspecified atom stereocenters. The van der Waals surface area contributed by atoms with Gasteiger partial charge in [0.25, 0.3) is 0 Å². The quantitative estimate of drug-likeness (QED) is 0.509. The number of methoxy groups -OCH3 is 1. The van der Waals surface area contributed by atoms with Gasteiger partial charge in [-0.2, -0.15) is 0 Å². The van der Waals surface area contributed by atoms with Crippen molar-refractivity contribution in [1.82, 2.24) is 4.90 Å². The summed E-state index contributed by atoms with van der Waals surface area (Å²) in [5, 5.41) is 0. The molecule has 6 nitrogen and oxygen atoms in total. The van der Waals surface area contributed by atoms with E-state index in [1.54, 1.807) is 12.1 Å². The van der Waals surface area contributed by atoms with Crippen LogP contribution < -0.4 is 9.46 Å². The second kappa shape index (κ2) is 10.4. The maximum atomic E-state index is 12.6. The maximum Gasteiger partial charge on any atom is 0.573 e. The second-order valence-electron chi connectivity index (χ2n) is 9.44. The Morgan fingerprint density at radius 1 is 1.14 bits per heavy atom. The van der Waals surface area contributed by atoms with E-state index in [0.717, 1.165) is 49.8 Å². The van der Waals surface area contributed by atoms with Gasteiger partial charge in [0.2, 0.25) is 10.0 Å². The molecular formula is C25H31F3N2O4S. The highest BCUT2D eigenvalue weighted by Crippen LogP contribution is 2.47. The Morgan fingerprint density at radius 2 is 1.94 bits per heavy atom. The van der Waals surface area contributed by atoms with Gasteiger partial charge in [0.05, 0.1) is 12.4 Å². The average Bonchev–Trinajstić information content (AvgIpc) is 2.79. The Balaban J connectivity index is 1.46. The van der Waals surface area contributed by atoms with Gasteiger partial charge in [-0.05, 0) is 73.0 Å². The summed E-state index contributed by atoms with van der Waals surface area (Å²) in [5.74, 6) is -0.305. The Morgan fingerprint density at radius 3 is 2.71 bits per heavy atom. The van der Waals surface area contributed by atoms with Gasteiger partial charge in [0, 0.05) is 25.4 Å². The molecule has 2 aromatic rings. The first kappa shape index (κ1) is 25.8. The van der Waals surface area contributed by atoms with Crippen molar-refractivity contribution in [1.29, 1.82) is 0 Å². The van der Waals surface area contributed by atoms with E-state index in [9.17, 15) is 21.6 Å². The van der Waals surface area contributed by atoms with Crippen LogP contribution in [-0.4, -0.2) is 51.7 Å². The summed E-state index contributed by atoms with van der Waals surface area (Å²) in [5.41, 5.74) is 2.44. The number of anilines is 1. The van der Waals surface area contributed by atoms with Crippen molar-refractivity contribution in [3.05, 3.63) is 59.7 Å². The van der Waals surface area contributed by atoms with Crippen LogP contribution in [0.2, 0.25) is 0 Å². The third kappa shape index (κ3) is 6.68. The number of likely N-dealkylation sites (tertiary alicyclic amines) is 1. The largest absolute Gasteiger partial charge is 0.573 e. The minimum atomic E-state index is -4.71. The maximum absolute atomic E-state index is 12.6.